The number of ether oxygens (including phenoxy) is 2. The van der Waals surface area contributed by atoms with Gasteiger partial charge in [0.15, 0.2) is 11.5 Å². The van der Waals surface area contributed by atoms with Crippen LogP contribution < -0.4 is 14.2 Å². The maximum Gasteiger partial charge on any atom is 0.241 e. The van der Waals surface area contributed by atoms with Crippen molar-refractivity contribution < 1.29 is 17.9 Å². The summed E-state index contributed by atoms with van der Waals surface area (Å²) >= 11 is 0. The number of nitrogens with zero attached hydrogens (tertiary/aromatic N) is 1. The van der Waals surface area contributed by atoms with Crippen LogP contribution in [0.15, 0.2) is 47.5 Å². The Balaban J connectivity index is 2.36. The number of rotatable bonds is 6. The fraction of sp³-hybridized carbons (Fsp3) is 0.312. The van der Waals surface area contributed by atoms with Crippen molar-refractivity contribution in [1.29, 1.82) is 0 Å². The lowest BCUT2D eigenvalue weighted by atomic mass is 10.0. The summed E-state index contributed by atoms with van der Waals surface area (Å²) in [5, 5.41) is 0. The van der Waals surface area contributed by atoms with Gasteiger partial charge in [-0.05, 0) is 38.1 Å². The van der Waals surface area contributed by atoms with Crippen molar-refractivity contribution in [2.24, 2.45) is 0 Å². The number of nitrogens with one attached hydrogen (secondary N) is 1. The maximum atomic E-state index is 12.7. The van der Waals surface area contributed by atoms with Crippen molar-refractivity contribution in [3.63, 3.8) is 0 Å². The highest BCUT2D eigenvalue weighted by Gasteiger charge is 2.29. The molecule has 0 radical (unpaired) electrons. The number of methoxy groups -OCH3 is 2. The molecule has 0 aliphatic carbocycles. The molecule has 0 spiro atoms. The molecule has 6 nitrogen and oxygen atoms in total. The zero-order chi connectivity index (χ0) is 17.1. The van der Waals surface area contributed by atoms with E-state index in [4.69, 9.17) is 9.47 Å². The minimum Gasteiger partial charge on any atom is -0.493 e. The summed E-state index contributed by atoms with van der Waals surface area (Å²) in [5.74, 6) is 0.821. The Hall–Kier alpha value is -2.12. The fourth-order valence-corrected chi connectivity index (χ4v) is 3.57. The Kier molecular flexibility index (Phi) is 4.91. The van der Waals surface area contributed by atoms with Crippen LogP contribution in [0.3, 0.4) is 0 Å². The predicted molar refractivity (Wildman–Crippen MR) is 87.1 cm³/mol. The second-order valence-corrected chi connectivity index (χ2v) is 7.14. The molecule has 1 aromatic heterocycles. The van der Waals surface area contributed by atoms with Gasteiger partial charge in [-0.15, -0.1) is 0 Å². The van der Waals surface area contributed by atoms with Crippen molar-refractivity contribution in [3.05, 3.63) is 48.3 Å². The summed E-state index contributed by atoms with van der Waals surface area (Å²) in [5.41, 5.74) is -0.225. The summed E-state index contributed by atoms with van der Waals surface area (Å²) in [6.45, 7) is 3.52. The summed E-state index contributed by atoms with van der Waals surface area (Å²) in [6, 6.07) is 9.82. The van der Waals surface area contributed by atoms with Gasteiger partial charge in [-0.25, -0.2) is 8.42 Å². The van der Waals surface area contributed by atoms with Crippen LogP contribution in [0.25, 0.3) is 0 Å². The molecular weight excluding hydrogens is 316 g/mol. The van der Waals surface area contributed by atoms with E-state index in [1.54, 1.807) is 38.2 Å². The summed E-state index contributed by atoms with van der Waals surface area (Å²) in [4.78, 5) is 4.31. The smallest absolute Gasteiger partial charge is 0.241 e. The van der Waals surface area contributed by atoms with Gasteiger partial charge in [0.05, 0.1) is 30.3 Å². The van der Waals surface area contributed by atoms with Gasteiger partial charge in [0.25, 0.3) is 0 Å². The lowest BCUT2D eigenvalue weighted by Crippen LogP contribution is -2.41. The van der Waals surface area contributed by atoms with E-state index in [-0.39, 0.29) is 4.90 Å². The number of hydrogen-bond donors (Lipinski definition) is 1. The molecule has 2 rings (SSSR count). The highest BCUT2D eigenvalue weighted by atomic mass is 32.2. The van der Waals surface area contributed by atoms with Gasteiger partial charge in [0.1, 0.15) is 0 Å². The number of hydrogen-bond acceptors (Lipinski definition) is 5. The van der Waals surface area contributed by atoms with Crippen LogP contribution in [0.2, 0.25) is 0 Å². The third-order valence-corrected chi connectivity index (χ3v) is 5.01. The van der Waals surface area contributed by atoms with E-state index in [0.29, 0.717) is 17.2 Å². The standard InChI is InChI=1S/C16H20N2O4S/c1-16(2,15-7-5-6-10-17-15)18-23(19,20)12-8-9-13(21-3)14(11-12)22-4/h5-11,18H,1-4H3. The second kappa shape index (κ2) is 6.55. The molecule has 0 aliphatic rings. The Morgan fingerprint density at radius 1 is 1.04 bits per heavy atom. The van der Waals surface area contributed by atoms with Crippen LogP contribution in [-0.4, -0.2) is 27.6 Å². The molecular formula is C16H20N2O4S. The lowest BCUT2D eigenvalue weighted by Gasteiger charge is -2.25. The van der Waals surface area contributed by atoms with Crippen LogP contribution in [0, 0.1) is 0 Å². The predicted octanol–water partition coefficient (Wildman–Crippen LogP) is 2.31. The molecule has 1 N–H and O–H groups in total. The monoisotopic (exact) mass is 336 g/mol. The molecule has 0 saturated carbocycles. The summed E-state index contributed by atoms with van der Waals surface area (Å²) in [7, 11) is -0.797. The second-order valence-electron chi connectivity index (χ2n) is 5.46. The fourth-order valence-electron chi connectivity index (χ4n) is 2.16. The van der Waals surface area contributed by atoms with E-state index in [1.807, 2.05) is 6.07 Å². The van der Waals surface area contributed by atoms with Gasteiger partial charge in [0, 0.05) is 12.3 Å². The van der Waals surface area contributed by atoms with Crippen molar-refractivity contribution >= 4 is 10.0 Å². The van der Waals surface area contributed by atoms with Crippen LogP contribution in [0.4, 0.5) is 0 Å². The molecule has 2 aromatic rings. The minimum absolute atomic E-state index is 0.0964. The van der Waals surface area contributed by atoms with Crippen LogP contribution >= 0.6 is 0 Å². The average Bonchev–Trinajstić information content (AvgIpc) is 2.54. The highest BCUT2D eigenvalue weighted by Crippen LogP contribution is 2.30. The number of pyridine rings is 1. The molecule has 0 unspecified atom stereocenters. The Morgan fingerprint density at radius 3 is 2.30 bits per heavy atom. The lowest BCUT2D eigenvalue weighted by molar-refractivity contribution is 0.353. The molecule has 1 aromatic carbocycles. The van der Waals surface area contributed by atoms with Gasteiger partial charge in [-0.1, -0.05) is 6.07 Å². The summed E-state index contributed by atoms with van der Waals surface area (Å²) < 4.78 is 38.3. The number of sulfonamides is 1. The van der Waals surface area contributed by atoms with Crippen LogP contribution in [-0.2, 0) is 15.6 Å². The molecule has 0 amide bonds. The van der Waals surface area contributed by atoms with E-state index in [9.17, 15) is 8.42 Å². The molecule has 124 valence electrons. The zero-order valence-electron chi connectivity index (χ0n) is 13.5. The van der Waals surface area contributed by atoms with Gasteiger partial charge in [-0.2, -0.15) is 4.72 Å². The van der Waals surface area contributed by atoms with E-state index < -0.39 is 15.6 Å². The molecule has 7 heteroatoms. The van der Waals surface area contributed by atoms with E-state index in [1.165, 1.54) is 26.4 Å². The maximum absolute atomic E-state index is 12.7. The molecule has 0 atom stereocenters. The Morgan fingerprint density at radius 2 is 1.74 bits per heavy atom. The SMILES string of the molecule is COc1ccc(S(=O)(=O)NC(C)(C)c2ccccn2)cc1OC. The molecule has 23 heavy (non-hydrogen) atoms. The van der Waals surface area contributed by atoms with Gasteiger partial charge < -0.3 is 9.47 Å². The molecule has 0 aliphatic heterocycles. The molecule has 0 bridgehead atoms. The van der Waals surface area contributed by atoms with Gasteiger partial charge >= 0.3 is 0 Å². The Labute approximate surface area is 136 Å². The third kappa shape index (κ3) is 3.80. The summed E-state index contributed by atoms with van der Waals surface area (Å²) in [6.07, 6.45) is 1.63. The van der Waals surface area contributed by atoms with Crippen LogP contribution in [0.5, 0.6) is 11.5 Å². The topological polar surface area (TPSA) is 77.5 Å². The first kappa shape index (κ1) is 17.2. The van der Waals surface area contributed by atoms with Crippen molar-refractivity contribution in [1.82, 2.24) is 9.71 Å². The first-order valence-corrected chi connectivity index (χ1v) is 8.46. The van der Waals surface area contributed by atoms with Crippen molar-refractivity contribution in [2.75, 3.05) is 14.2 Å². The van der Waals surface area contributed by atoms with E-state index >= 15 is 0 Å². The van der Waals surface area contributed by atoms with E-state index in [2.05, 4.69) is 9.71 Å². The largest absolute Gasteiger partial charge is 0.493 e. The third-order valence-electron chi connectivity index (χ3n) is 3.36. The van der Waals surface area contributed by atoms with Gasteiger partial charge in [-0.3, -0.25) is 4.98 Å². The quantitative estimate of drug-likeness (QED) is 0.876. The minimum atomic E-state index is -3.75. The van der Waals surface area contributed by atoms with Crippen LogP contribution in [0.1, 0.15) is 19.5 Å². The average molecular weight is 336 g/mol. The zero-order valence-corrected chi connectivity index (χ0v) is 14.3. The normalized spacial score (nSPS) is 12.0. The molecule has 0 fully saturated rings. The number of benzene rings is 1. The number of aromatic nitrogens is 1. The van der Waals surface area contributed by atoms with Crippen molar-refractivity contribution in [2.45, 2.75) is 24.3 Å². The first-order valence-electron chi connectivity index (χ1n) is 6.97. The molecule has 0 saturated heterocycles. The highest BCUT2D eigenvalue weighted by molar-refractivity contribution is 7.89. The molecule has 1 heterocycles. The van der Waals surface area contributed by atoms with Crippen molar-refractivity contribution in [3.8, 4) is 11.5 Å². The Bertz CT molecular complexity index is 774. The first-order chi connectivity index (χ1) is 10.8. The van der Waals surface area contributed by atoms with Gasteiger partial charge in [0.2, 0.25) is 10.0 Å². The van der Waals surface area contributed by atoms with E-state index in [0.717, 1.165) is 0 Å².